The van der Waals surface area contributed by atoms with Crippen LogP contribution in [0.5, 0.6) is 0 Å². The first-order valence-corrected chi connectivity index (χ1v) is 11.0. The van der Waals surface area contributed by atoms with Crippen molar-refractivity contribution in [2.45, 2.75) is 0 Å². The lowest BCUT2D eigenvalue weighted by Gasteiger charge is -2.10. The van der Waals surface area contributed by atoms with Gasteiger partial charge in [0.25, 0.3) is 0 Å². The topological polar surface area (TPSA) is 43.4 Å². The fourth-order valence-electron chi connectivity index (χ4n) is 2.88. The Morgan fingerprint density at radius 2 is 1.07 bits per heavy atom. The number of esters is 2. The molecule has 0 radical (unpaired) electrons. The molecular formula is C22H12Cl2O3S2. The van der Waals surface area contributed by atoms with Crippen LogP contribution in [0.2, 0.25) is 10.0 Å². The van der Waals surface area contributed by atoms with Gasteiger partial charge in [-0.2, -0.15) is 0 Å². The minimum absolute atomic E-state index is 0.275. The highest BCUT2D eigenvalue weighted by Gasteiger charge is 2.23. The zero-order valence-electron chi connectivity index (χ0n) is 14.7. The second-order valence-electron chi connectivity index (χ2n) is 5.96. The van der Waals surface area contributed by atoms with E-state index in [0.29, 0.717) is 21.2 Å². The van der Waals surface area contributed by atoms with Crippen molar-refractivity contribution in [1.82, 2.24) is 0 Å². The molecule has 0 aliphatic rings. The molecule has 3 nitrogen and oxygen atoms in total. The average molecular weight is 459 g/mol. The van der Waals surface area contributed by atoms with E-state index in [1.807, 2.05) is 10.8 Å². The molecule has 0 atom stereocenters. The van der Waals surface area contributed by atoms with E-state index >= 15 is 0 Å². The van der Waals surface area contributed by atoms with Crippen molar-refractivity contribution in [3.63, 3.8) is 0 Å². The molecule has 29 heavy (non-hydrogen) atoms. The third-order valence-corrected chi connectivity index (χ3v) is 6.95. The van der Waals surface area contributed by atoms with Crippen molar-refractivity contribution < 1.29 is 14.3 Å². The number of hydrogen-bond acceptors (Lipinski definition) is 5. The van der Waals surface area contributed by atoms with E-state index in [2.05, 4.69) is 0 Å². The molecule has 0 bridgehead atoms. The monoisotopic (exact) mass is 458 g/mol. The summed E-state index contributed by atoms with van der Waals surface area (Å²) in [7, 11) is 0. The quantitative estimate of drug-likeness (QED) is 0.235. The van der Waals surface area contributed by atoms with Crippen LogP contribution in [0, 0.1) is 0 Å². The van der Waals surface area contributed by atoms with Gasteiger partial charge in [-0.3, -0.25) is 0 Å². The van der Waals surface area contributed by atoms with Crippen molar-refractivity contribution >= 4 is 57.8 Å². The Bertz CT molecular complexity index is 1120. The Labute approximate surface area is 185 Å². The molecule has 2 aromatic heterocycles. The van der Waals surface area contributed by atoms with Crippen LogP contribution < -0.4 is 0 Å². The molecule has 2 heterocycles. The van der Waals surface area contributed by atoms with Crippen LogP contribution in [0.25, 0.3) is 20.9 Å². The number of hydrogen-bond donors (Lipinski definition) is 0. The molecule has 4 rings (SSSR count). The lowest BCUT2D eigenvalue weighted by atomic mass is 10.1. The smallest absolute Gasteiger partial charge is 0.346 e. The molecular weight excluding hydrogens is 447 g/mol. The molecule has 144 valence electrons. The van der Waals surface area contributed by atoms with Crippen LogP contribution in [0.15, 0.2) is 71.4 Å². The van der Waals surface area contributed by atoms with Gasteiger partial charge in [-0.15, -0.1) is 22.7 Å². The van der Waals surface area contributed by atoms with Gasteiger partial charge in [-0.1, -0.05) is 59.6 Å². The predicted octanol–water partition coefficient (Wildman–Crippen LogP) is 7.45. The average Bonchev–Trinajstić information content (AvgIpc) is 3.35. The first-order valence-electron chi connectivity index (χ1n) is 8.47. The minimum Gasteiger partial charge on any atom is -0.386 e. The van der Waals surface area contributed by atoms with Gasteiger partial charge in [0.15, 0.2) is 0 Å². The number of carbonyl (C=O) groups is 2. The molecule has 2 aromatic carbocycles. The van der Waals surface area contributed by atoms with Crippen LogP contribution in [0.3, 0.4) is 0 Å². The van der Waals surface area contributed by atoms with Gasteiger partial charge >= 0.3 is 11.9 Å². The number of ether oxygens (including phenoxy) is 1. The summed E-state index contributed by atoms with van der Waals surface area (Å²) >= 11 is 15.3. The van der Waals surface area contributed by atoms with Gasteiger partial charge < -0.3 is 4.74 Å². The molecule has 7 heteroatoms. The minimum atomic E-state index is -0.734. The Morgan fingerprint density at radius 3 is 1.45 bits per heavy atom. The summed E-state index contributed by atoms with van der Waals surface area (Å²) in [4.78, 5) is 27.1. The molecule has 4 aromatic rings. The van der Waals surface area contributed by atoms with Crippen molar-refractivity contribution in [2.24, 2.45) is 0 Å². The molecule has 0 saturated heterocycles. The number of benzene rings is 2. The van der Waals surface area contributed by atoms with Gasteiger partial charge in [-0.05, 0) is 35.0 Å². The molecule has 0 amide bonds. The van der Waals surface area contributed by atoms with Gasteiger partial charge in [-0.25, -0.2) is 9.59 Å². The van der Waals surface area contributed by atoms with Crippen molar-refractivity contribution in [3.05, 3.63) is 92.6 Å². The summed E-state index contributed by atoms with van der Waals surface area (Å²) in [5, 5.41) is 4.76. The maximum absolute atomic E-state index is 12.8. The second-order valence-corrected chi connectivity index (χ2v) is 8.61. The molecule has 0 unspecified atom stereocenters. The van der Waals surface area contributed by atoms with Crippen molar-refractivity contribution in [1.29, 1.82) is 0 Å². The lowest BCUT2D eigenvalue weighted by molar-refractivity contribution is 0.0399. The maximum Gasteiger partial charge on any atom is 0.346 e. The Hall–Kier alpha value is -2.44. The summed E-state index contributed by atoms with van der Waals surface area (Å²) in [6.45, 7) is 0. The van der Waals surface area contributed by atoms with Crippen LogP contribution >= 0.6 is 45.9 Å². The summed E-state index contributed by atoms with van der Waals surface area (Å²) in [6.07, 6.45) is 0. The van der Waals surface area contributed by atoms with Crippen LogP contribution in [0.4, 0.5) is 0 Å². The lowest BCUT2D eigenvalue weighted by Crippen LogP contribution is -2.14. The third kappa shape index (κ3) is 4.00. The van der Waals surface area contributed by atoms with E-state index in [-0.39, 0.29) is 11.1 Å². The normalized spacial score (nSPS) is 10.7. The van der Waals surface area contributed by atoms with E-state index in [0.717, 1.165) is 9.75 Å². The highest BCUT2D eigenvalue weighted by atomic mass is 35.5. The summed E-state index contributed by atoms with van der Waals surface area (Å²) < 4.78 is 5.22. The third-order valence-electron chi connectivity index (χ3n) is 4.20. The fraction of sp³-hybridized carbons (Fsp3) is 0. The van der Waals surface area contributed by atoms with Crippen LogP contribution in [0.1, 0.15) is 20.7 Å². The van der Waals surface area contributed by atoms with E-state index in [1.165, 1.54) is 22.7 Å². The zero-order chi connectivity index (χ0) is 20.4. The fourth-order valence-corrected chi connectivity index (χ4v) is 5.28. The predicted molar refractivity (Wildman–Crippen MR) is 119 cm³/mol. The largest absolute Gasteiger partial charge is 0.386 e. The molecule has 0 aliphatic carbocycles. The first-order chi connectivity index (χ1) is 14.1. The SMILES string of the molecule is O=C(OC(=O)c1ccccc1-c1sccc1Cl)c1ccccc1-c1sccc1Cl. The summed E-state index contributed by atoms with van der Waals surface area (Å²) in [5.74, 6) is -1.47. The Kier molecular flexibility index (Phi) is 5.83. The standard InChI is InChI=1S/C22H12Cl2O3S2/c23-17-9-11-28-19(17)13-5-1-3-7-15(13)21(25)27-22(26)16-8-4-2-6-14(16)20-18(24)10-12-29-20/h1-12H. The highest BCUT2D eigenvalue weighted by Crippen LogP contribution is 2.37. The Morgan fingerprint density at radius 1 is 0.655 bits per heavy atom. The zero-order valence-corrected chi connectivity index (χ0v) is 17.9. The van der Waals surface area contributed by atoms with E-state index in [1.54, 1.807) is 60.7 Å². The maximum atomic E-state index is 12.8. The molecule has 0 spiro atoms. The van der Waals surface area contributed by atoms with Crippen LogP contribution in [-0.4, -0.2) is 11.9 Å². The number of halogens is 2. The van der Waals surface area contributed by atoms with Gasteiger partial charge in [0, 0.05) is 11.1 Å². The number of thiophene rings is 2. The van der Waals surface area contributed by atoms with Gasteiger partial charge in [0.05, 0.1) is 30.9 Å². The van der Waals surface area contributed by atoms with Gasteiger partial charge in [0.2, 0.25) is 0 Å². The van der Waals surface area contributed by atoms with E-state index in [9.17, 15) is 9.59 Å². The first kappa shape index (κ1) is 19.9. The van der Waals surface area contributed by atoms with Crippen molar-refractivity contribution in [2.75, 3.05) is 0 Å². The second kappa shape index (κ2) is 8.51. The Balaban J connectivity index is 1.66. The number of rotatable bonds is 4. The van der Waals surface area contributed by atoms with E-state index in [4.69, 9.17) is 27.9 Å². The summed E-state index contributed by atoms with van der Waals surface area (Å²) in [5.41, 5.74) is 1.80. The highest BCUT2D eigenvalue weighted by molar-refractivity contribution is 7.14. The molecule has 0 aliphatic heterocycles. The molecule has 0 saturated carbocycles. The molecule has 0 fully saturated rings. The van der Waals surface area contributed by atoms with E-state index < -0.39 is 11.9 Å². The summed E-state index contributed by atoms with van der Waals surface area (Å²) in [6, 6.07) is 17.3. The number of carbonyl (C=O) groups excluding carboxylic acids is 2. The van der Waals surface area contributed by atoms with Crippen LogP contribution in [-0.2, 0) is 4.74 Å². The van der Waals surface area contributed by atoms with Gasteiger partial charge in [0.1, 0.15) is 0 Å². The molecule has 0 N–H and O–H groups in total. The van der Waals surface area contributed by atoms with Crippen molar-refractivity contribution in [3.8, 4) is 20.9 Å².